The third-order valence-corrected chi connectivity index (χ3v) is 6.00. The Morgan fingerprint density at radius 3 is 1.92 bits per heavy atom. The highest BCUT2D eigenvalue weighted by Crippen LogP contribution is 2.36. The van der Waals surface area contributed by atoms with E-state index in [1.165, 1.54) is 0 Å². The van der Waals surface area contributed by atoms with Crippen LogP contribution in [0.1, 0.15) is 5.56 Å². The fraction of sp³-hybridized carbons (Fsp3) is 0.0769. The van der Waals surface area contributed by atoms with Gasteiger partial charge in [0.2, 0.25) is 10.0 Å². The first kappa shape index (κ1) is 19.7. The summed E-state index contributed by atoms with van der Waals surface area (Å²) >= 11 is 2.75. The van der Waals surface area contributed by atoms with Crippen molar-refractivity contribution in [3.8, 4) is 0 Å². The first-order chi connectivity index (χ1) is 11.3. The molecule has 2 aromatic rings. The molecule has 3 N–H and O–H groups in total. The highest BCUT2D eigenvalue weighted by Gasteiger charge is 2.33. The number of sulfonamides is 2. The zero-order valence-electron chi connectivity index (χ0n) is 12.1. The largest absolute Gasteiger partial charge is 0.417 e. The third-order valence-electron chi connectivity index (χ3n) is 2.99. The van der Waals surface area contributed by atoms with Crippen LogP contribution in [0.2, 0.25) is 0 Å². The summed E-state index contributed by atoms with van der Waals surface area (Å²) in [5.74, 6) is 0. The minimum atomic E-state index is -4.67. The van der Waals surface area contributed by atoms with E-state index < -0.39 is 31.8 Å². The van der Waals surface area contributed by atoms with Gasteiger partial charge in [-0.3, -0.25) is 4.72 Å². The number of nitrogens with one attached hydrogen (secondary N) is 1. The molecule has 12 heteroatoms. The minimum absolute atomic E-state index is 0.236. The van der Waals surface area contributed by atoms with Crippen LogP contribution >= 0.6 is 15.9 Å². The molecule has 25 heavy (non-hydrogen) atoms. The van der Waals surface area contributed by atoms with Crippen LogP contribution in [0.4, 0.5) is 18.9 Å². The molecule has 0 unspecified atom stereocenters. The Hall–Kier alpha value is -1.63. The van der Waals surface area contributed by atoms with Gasteiger partial charge in [0.1, 0.15) is 0 Å². The zero-order chi connectivity index (χ0) is 19.0. The van der Waals surface area contributed by atoms with Crippen molar-refractivity contribution in [2.75, 3.05) is 4.72 Å². The Labute approximate surface area is 150 Å². The molecule has 0 saturated carbocycles. The summed E-state index contributed by atoms with van der Waals surface area (Å²) in [6.45, 7) is 0. The van der Waals surface area contributed by atoms with Crippen molar-refractivity contribution in [2.45, 2.75) is 16.0 Å². The first-order valence-corrected chi connectivity index (χ1v) is 10.2. The van der Waals surface area contributed by atoms with E-state index in [1.807, 2.05) is 4.72 Å². The van der Waals surface area contributed by atoms with E-state index in [-0.39, 0.29) is 20.0 Å². The average Bonchev–Trinajstić information content (AvgIpc) is 2.47. The number of rotatable bonds is 4. The van der Waals surface area contributed by atoms with Crippen molar-refractivity contribution < 1.29 is 30.0 Å². The van der Waals surface area contributed by atoms with Gasteiger partial charge in [-0.25, -0.2) is 22.0 Å². The van der Waals surface area contributed by atoms with Gasteiger partial charge in [0, 0.05) is 10.2 Å². The Bertz CT molecular complexity index is 1000. The number of alkyl halides is 3. The van der Waals surface area contributed by atoms with E-state index in [0.717, 1.165) is 36.4 Å². The molecular weight excluding hydrogens is 449 g/mol. The van der Waals surface area contributed by atoms with Crippen LogP contribution in [-0.4, -0.2) is 16.8 Å². The van der Waals surface area contributed by atoms with Gasteiger partial charge in [-0.05, 0) is 42.5 Å². The lowest BCUT2D eigenvalue weighted by Crippen LogP contribution is -2.15. The van der Waals surface area contributed by atoms with E-state index in [0.29, 0.717) is 6.07 Å². The van der Waals surface area contributed by atoms with Crippen LogP contribution in [-0.2, 0) is 26.2 Å². The predicted molar refractivity (Wildman–Crippen MR) is 87.8 cm³/mol. The highest BCUT2D eigenvalue weighted by molar-refractivity contribution is 9.10. The van der Waals surface area contributed by atoms with Gasteiger partial charge < -0.3 is 0 Å². The van der Waals surface area contributed by atoms with Crippen molar-refractivity contribution in [1.82, 2.24) is 0 Å². The van der Waals surface area contributed by atoms with Crippen molar-refractivity contribution in [2.24, 2.45) is 5.14 Å². The molecule has 0 atom stereocenters. The van der Waals surface area contributed by atoms with Crippen LogP contribution < -0.4 is 9.86 Å². The van der Waals surface area contributed by atoms with E-state index in [9.17, 15) is 30.0 Å². The van der Waals surface area contributed by atoms with Gasteiger partial charge in [0.05, 0.1) is 15.4 Å². The van der Waals surface area contributed by atoms with Gasteiger partial charge in [-0.15, -0.1) is 0 Å². The topological polar surface area (TPSA) is 106 Å². The van der Waals surface area contributed by atoms with E-state index in [2.05, 4.69) is 15.9 Å². The molecular formula is C13H10BrF3N2O4S2. The maximum absolute atomic E-state index is 12.9. The fourth-order valence-corrected chi connectivity index (χ4v) is 3.86. The lowest BCUT2D eigenvalue weighted by atomic mass is 10.2. The van der Waals surface area contributed by atoms with Crippen LogP contribution in [0.5, 0.6) is 0 Å². The zero-order valence-corrected chi connectivity index (χ0v) is 15.3. The molecule has 0 aliphatic heterocycles. The van der Waals surface area contributed by atoms with E-state index in [4.69, 9.17) is 5.14 Å². The maximum Gasteiger partial charge on any atom is 0.417 e. The van der Waals surface area contributed by atoms with Gasteiger partial charge in [-0.2, -0.15) is 13.2 Å². The Kier molecular flexibility index (Phi) is 5.19. The number of anilines is 1. The number of primary sulfonamides is 1. The van der Waals surface area contributed by atoms with Crippen molar-refractivity contribution in [1.29, 1.82) is 0 Å². The molecule has 0 aliphatic rings. The molecule has 0 saturated heterocycles. The smallest absolute Gasteiger partial charge is 0.280 e. The normalized spacial score (nSPS) is 12.8. The van der Waals surface area contributed by atoms with Crippen LogP contribution in [0.15, 0.2) is 56.7 Å². The molecule has 0 radical (unpaired) electrons. The monoisotopic (exact) mass is 458 g/mol. The summed E-state index contributed by atoms with van der Waals surface area (Å²) in [5, 5.41) is 4.91. The summed E-state index contributed by atoms with van der Waals surface area (Å²) in [7, 11) is -8.22. The fourth-order valence-electron chi connectivity index (χ4n) is 1.83. The lowest BCUT2D eigenvalue weighted by molar-refractivity contribution is -0.138. The number of benzene rings is 2. The predicted octanol–water partition coefficient (Wildman–Crippen LogP) is 2.92. The molecule has 2 aromatic carbocycles. The highest BCUT2D eigenvalue weighted by atomic mass is 79.9. The summed E-state index contributed by atoms with van der Waals surface area (Å²) in [6, 6.07) is 6.76. The average molecular weight is 459 g/mol. The molecule has 2 rings (SSSR count). The molecule has 0 amide bonds. The number of halogens is 4. The Balaban J connectivity index is 2.36. The van der Waals surface area contributed by atoms with E-state index in [1.54, 1.807) is 0 Å². The summed E-state index contributed by atoms with van der Waals surface area (Å²) in [5.41, 5.74) is -1.34. The van der Waals surface area contributed by atoms with Gasteiger partial charge in [0.15, 0.2) is 0 Å². The Morgan fingerprint density at radius 2 is 1.44 bits per heavy atom. The second kappa shape index (κ2) is 6.59. The summed E-state index contributed by atoms with van der Waals surface area (Å²) in [4.78, 5) is -0.633. The maximum atomic E-state index is 12.9. The van der Waals surface area contributed by atoms with Crippen LogP contribution in [0.3, 0.4) is 0 Å². The van der Waals surface area contributed by atoms with E-state index >= 15 is 0 Å². The molecule has 6 nitrogen and oxygen atoms in total. The molecule has 0 aliphatic carbocycles. The Morgan fingerprint density at radius 1 is 0.920 bits per heavy atom. The quantitative estimate of drug-likeness (QED) is 0.734. The van der Waals surface area contributed by atoms with Gasteiger partial charge in [-0.1, -0.05) is 15.9 Å². The molecule has 0 spiro atoms. The number of nitrogens with two attached hydrogens (primary N) is 1. The first-order valence-electron chi connectivity index (χ1n) is 6.33. The summed E-state index contributed by atoms with van der Waals surface area (Å²) in [6.07, 6.45) is -4.67. The van der Waals surface area contributed by atoms with Gasteiger partial charge in [0.25, 0.3) is 10.0 Å². The second-order valence-corrected chi connectivity index (χ2v) is 8.91. The molecule has 0 heterocycles. The second-order valence-electron chi connectivity index (χ2n) is 4.81. The SMILES string of the molecule is NS(=O)(=O)c1ccc(S(=O)(=O)Nc2ccc(Br)c(C(F)(F)F)c2)cc1. The number of hydrogen-bond donors (Lipinski definition) is 2. The molecule has 0 bridgehead atoms. The minimum Gasteiger partial charge on any atom is -0.280 e. The van der Waals surface area contributed by atoms with Crippen molar-refractivity contribution in [3.05, 3.63) is 52.5 Å². The standard InChI is InChI=1S/C13H10BrF3N2O4S2/c14-12-6-1-8(7-11(12)13(15,16)17)19-25(22,23)10-4-2-9(3-5-10)24(18,20)21/h1-7,19H,(H2,18,20,21). The lowest BCUT2D eigenvalue weighted by Gasteiger charge is -2.13. The van der Waals surface area contributed by atoms with Crippen molar-refractivity contribution in [3.63, 3.8) is 0 Å². The molecule has 0 fully saturated rings. The van der Waals surface area contributed by atoms with Crippen LogP contribution in [0, 0.1) is 0 Å². The van der Waals surface area contributed by atoms with Gasteiger partial charge >= 0.3 is 6.18 Å². The molecule has 136 valence electrons. The number of hydrogen-bond acceptors (Lipinski definition) is 4. The van der Waals surface area contributed by atoms with Crippen LogP contribution in [0.25, 0.3) is 0 Å². The molecule has 0 aromatic heterocycles. The summed E-state index contributed by atoms with van der Waals surface area (Å²) < 4.78 is 87.1. The van der Waals surface area contributed by atoms with Crippen molar-refractivity contribution >= 4 is 41.7 Å². The third kappa shape index (κ3) is 4.71.